The van der Waals surface area contributed by atoms with Crippen molar-refractivity contribution in [1.82, 2.24) is 19.9 Å². The first-order valence-corrected chi connectivity index (χ1v) is 6.53. The summed E-state index contributed by atoms with van der Waals surface area (Å²) in [5, 5.41) is 1.71. The van der Waals surface area contributed by atoms with Crippen LogP contribution in [0.2, 0.25) is 5.15 Å². The lowest BCUT2D eigenvalue weighted by Gasteiger charge is -2.04. The SMILES string of the molecule is CCOCc1nc(Cl)cc(Sc2ncccn2)n1. The van der Waals surface area contributed by atoms with E-state index in [1.54, 1.807) is 24.5 Å². The van der Waals surface area contributed by atoms with E-state index in [1.807, 2.05) is 6.92 Å². The summed E-state index contributed by atoms with van der Waals surface area (Å²) in [7, 11) is 0. The van der Waals surface area contributed by atoms with Gasteiger partial charge in [-0.3, -0.25) is 0 Å². The van der Waals surface area contributed by atoms with E-state index >= 15 is 0 Å². The van der Waals surface area contributed by atoms with Gasteiger partial charge in [0.15, 0.2) is 11.0 Å². The number of nitrogens with zero attached hydrogens (tertiary/aromatic N) is 4. The third kappa shape index (κ3) is 3.90. The van der Waals surface area contributed by atoms with Crippen LogP contribution < -0.4 is 0 Å². The zero-order valence-electron chi connectivity index (χ0n) is 9.71. The fourth-order valence-electron chi connectivity index (χ4n) is 1.18. The highest BCUT2D eigenvalue weighted by atomic mass is 35.5. The minimum atomic E-state index is 0.347. The van der Waals surface area contributed by atoms with Crippen LogP contribution in [0.1, 0.15) is 12.7 Å². The Morgan fingerprint density at radius 1 is 1.28 bits per heavy atom. The number of ether oxygens (including phenoxy) is 1. The molecule has 94 valence electrons. The zero-order valence-corrected chi connectivity index (χ0v) is 11.3. The van der Waals surface area contributed by atoms with E-state index in [-0.39, 0.29) is 0 Å². The summed E-state index contributed by atoms with van der Waals surface area (Å²) in [6.45, 7) is 2.87. The van der Waals surface area contributed by atoms with Crippen molar-refractivity contribution in [2.75, 3.05) is 6.61 Å². The van der Waals surface area contributed by atoms with Crippen LogP contribution in [0.25, 0.3) is 0 Å². The number of hydrogen-bond donors (Lipinski definition) is 0. The summed E-state index contributed by atoms with van der Waals surface area (Å²) in [6, 6.07) is 3.44. The molecule has 0 unspecified atom stereocenters. The Labute approximate surface area is 114 Å². The van der Waals surface area contributed by atoms with E-state index in [9.17, 15) is 0 Å². The topological polar surface area (TPSA) is 60.8 Å². The maximum absolute atomic E-state index is 5.93. The molecular weight excluding hydrogens is 272 g/mol. The molecule has 0 bridgehead atoms. The van der Waals surface area contributed by atoms with Gasteiger partial charge in [-0.25, -0.2) is 19.9 Å². The molecule has 18 heavy (non-hydrogen) atoms. The van der Waals surface area contributed by atoms with Gasteiger partial charge in [-0.1, -0.05) is 11.6 Å². The molecule has 2 heterocycles. The Kier molecular flexibility index (Phi) is 4.86. The monoisotopic (exact) mass is 282 g/mol. The van der Waals surface area contributed by atoms with Gasteiger partial charge in [-0.15, -0.1) is 0 Å². The lowest BCUT2D eigenvalue weighted by atomic mass is 10.6. The highest BCUT2D eigenvalue weighted by molar-refractivity contribution is 7.99. The van der Waals surface area contributed by atoms with Crippen molar-refractivity contribution in [1.29, 1.82) is 0 Å². The van der Waals surface area contributed by atoms with E-state index in [0.717, 1.165) is 0 Å². The van der Waals surface area contributed by atoms with E-state index in [2.05, 4.69) is 19.9 Å². The average molecular weight is 283 g/mol. The molecule has 5 nitrogen and oxygen atoms in total. The molecule has 0 spiro atoms. The van der Waals surface area contributed by atoms with Crippen molar-refractivity contribution < 1.29 is 4.74 Å². The van der Waals surface area contributed by atoms with Crippen LogP contribution >= 0.6 is 23.4 Å². The van der Waals surface area contributed by atoms with E-state index < -0.39 is 0 Å². The van der Waals surface area contributed by atoms with Gasteiger partial charge in [-0.05, 0) is 24.8 Å². The van der Waals surface area contributed by atoms with Crippen molar-refractivity contribution in [3.63, 3.8) is 0 Å². The quantitative estimate of drug-likeness (QED) is 0.620. The van der Waals surface area contributed by atoms with E-state index in [4.69, 9.17) is 16.3 Å². The maximum Gasteiger partial charge on any atom is 0.193 e. The molecule has 0 saturated carbocycles. The molecule has 0 aliphatic carbocycles. The molecule has 0 atom stereocenters. The molecule has 2 aromatic heterocycles. The minimum absolute atomic E-state index is 0.347. The Morgan fingerprint density at radius 2 is 2.06 bits per heavy atom. The van der Waals surface area contributed by atoms with Gasteiger partial charge in [0, 0.05) is 25.1 Å². The molecule has 0 amide bonds. The smallest absolute Gasteiger partial charge is 0.193 e. The summed E-state index contributed by atoms with van der Waals surface area (Å²) in [5.74, 6) is 0.558. The number of hydrogen-bond acceptors (Lipinski definition) is 6. The molecule has 2 rings (SSSR count). The highest BCUT2D eigenvalue weighted by Gasteiger charge is 2.06. The Hall–Kier alpha value is -1.24. The molecule has 0 saturated heterocycles. The predicted octanol–water partition coefficient (Wildman–Crippen LogP) is 2.61. The van der Waals surface area contributed by atoms with Crippen molar-refractivity contribution >= 4 is 23.4 Å². The Balaban J connectivity index is 2.15. The Bertz CT molecular complexity index is 512. The second kappa shape index (κ2) is 6.63. The first-order valence-electron chi connectivity index (χ1n) is 5.34. The van der Waals surface area contributed by atoms with Gasteiger partial charge in [0.1, 0.15) is 16.8 Å². The van der Waals surface area contributed by atoms with Gasteiger partial charge in [0.25, 0.3) is 0 Å². The lowest BCUT2D eigenvalue weighted by Crippen LogP contribution is -2.00. The van der Waals surface area contributed by atoms with Crippen LogP contribution in [-0.4, -0.2) is 26.5 Å². The predicted molar refractivity (Wildman–Crippen MR) is 68.5 cm³/mol. The zero-order chi connectivity index (χ0) is 12.8. The van der Waals surface area contributed by atoms with Gasteiger partial charge >= 0.3 is 0 Å². The summed E-state index contributed by atoms with van der Waals surface area (Å²) >= 11 is 7.27. The third-order valence-corrected chi connectivity index (χ3v) is 2.90. The van der Waals surface area contributed by atoms with Gasteiger partial charge in [-0.2, -0.15) is 0 Å². The van der Waals surface area contributed by atoms with E-state index in [0.29, 0.717) is 34.4 Å². The summed E-state index contributed by atoms with van der Waals surface area (Å²) < 4.78 is 5.26. The summed E-state index contributed by atoms with van der Waals surface area (Å²) in [4.78, 5) is 16.6. The molecule has 0 aliphatic heterocycles. The first kappa shape index (κ1) is 13.2. The molecule has 2 aromatic rings. The molecule has 0 fully saturated rings. The standard InChI is InChI=1S/C11H11ClN4OS/c1-2-17-7-9-15-8(12)6-10(16-9)18-11-13-4-3-5-14-11/h3-6H,2,7H2,1H3. The number of aromatic nitrogens is 4. The van der Waals surface area contributed by atoms with Crippen LogP contribution in [0.5, 0.6) is 0 Å². The van der Waals surface area contributed by atoms with Gasteiger partial charge < -0.3 is 4.74 Å². The molecule has 0 radical (unpaired) electrons. The fraction of sp³-hybridized carbons (Fsp3) is 0.273. The van der Waals surface area contributed by atoms with Crippen LogP contribution in [0, 0.1) is 0 Å². The van der Waals surface area contributed by atoms with Crippen LogP contribution in [0.3, 0.4) is 0 Å². The molecule has 0 N–H and O–H groups in total. The lowest BCUT2D eigenvalue weighted by molar-refractivity contribution is 0.128. The fourth-order valence-corrected chi connectivity index (χ4v) is 2.19. The molecule has 0 aliphatic rings. The largest absolute Gasteiger partial charge is 0.374 e. The van der Waals surface area contributed by atoms with Gasteiger partial charge in [0.2, 0.25) is 0 Å². The van der Waals surface area contributed by atoms with Gasteiger partial charge in [0.05, 0.1) is 0 Å². The normalized spacial score (nSPS) is 10.6. The third-order valence-electron chi connectivity index (χ3n) is 1.89. The minimum Gasteiger partial charge on any atom is -0.374 e. The summed E-state index contributed by atoms with van der Waals surface area (Å²) in [6.07, 6.45) is 3.36. The number of rotatable bonds is 5. The van der Waals surface area contributed by atoms with Crippen molar-refractivity contribution in [2.45, 2.75) is 23.7 Å². The van der Waals surface area contributed by atoms with Crippen molar-refractivity contribution in [3.8, 4) is 0 Å². The number of halogens is 1. The van der Waals surface area contributed by atoms with Crippen molar-refractivity contribution in [3.05, 3.63) is 35.5 Å². The average Bonchev–Trinajstić information content (AvgIpc) is 2.37. The van der Waals surface area contributed by atoms with Crippen LogP contribution in [0.15, 0.2) is 34.7 Å². The maximum atomic E-state index is 5.93. The first-order chi connectivity index (χ1) is 8.78. The van der Waals surface area contributed by atoms with E-state index in [1.165, 1.54) is 11.8 Å². The van der Waals surface area contributed by atoms with Crippen LogP contribution in [-0.2, 0) is 11.3 Å². The highest BCUT2D eigenvalue weighted by Crippen LogP contribution is 2.24. The Morgan fingerprint density at radius 3 is 2.78 bits per heavy atom. The molecule has 7 heteroatoms. The van der Waals surface area contributed by atoms with Crippen LogP contribution in [0.4, 0.5) is 0 Å². The summed E-state index contributed by atoms with van der Waals surface area (Å²) in [5.41, 5.74) is 0. The molecule has 0 aromatic carbocycles. The van der Waals surface area contributed by atoms with Crippen molar-refractivity contribution in [2.24, 2.45) is 0 Å². The molecular formula is C11H11ClN4OS. The second-order valence-electron chi connectivity index (χ2n) is 3.22. The second-order valence-corrected chi connectivity index (χ2v) is 4.59.